The summed E-state index contributed by atoms with van der Waals surface area (Å²) in [6.45, 7) is 29.7. The molecular formula is C75H108ClNO20Si2. The molecule has 0 aromatic heterocycles. The quantitative estimate of drug-likeness (QED) is 0.0218. The Morgan fingerprint density at radius 2 is 0.970 bits per heavy atom. The number of Topliss-reactive ketones (excluding diaryl/α,β-unsaturated/α-hetero) is 2. The largest absolute Gasteiger partial charge is 0.455 e. The maximum Gasteiger partial charge on any atom is 0.338 e. The first kappa shape index (κ1) is 82.5. The van der Waals surface area contributed by atoms with Crippen molar-refractivity contribution in [3.63, 3.8) is 0 Å². The van der Waals surface area contributed by atoms with E-state index in [1.165, 1.54) is 51.0 Å². The summed E-state index contributed by atoms with van der Waals surface area (Å²) >= 11 is 6.23. The Labute approximate surface area is 590 Å². The average Bonchev–Trinajstić information content (AvgIpc) is 0.676. The van der Waals surface area contributed by atoms with E-state index in [2.05, 4.69) is 59.3 Å². The highest BCUT2D eigenvalue weighted by Crippen LogP contribution is 2.67. The average molecular weight is 1440 g/mol. The molecule has 10 rings (SSSR count). The second-order valence-electron chi connectivity index (χ2n) is 29.4. The zero-order valence-corrected chi connectivity index (χ0v) is 63.5. The predicted octanol–water partition coefficient (Wildman–Crippen LogP) is 9.23. The van der Waals surface area contributed by atoms with Gasteiger partial charge < -0.3 is 74.7 Å². The zero-order chi connectivity index (χ0) is 73.5. The molecule has 24 heteroatoms. The highest BCUT2D eigenvalue weighted by Gasteiger charge is 2.80. The SMILES string of the molecule is C#CC#CC.CC(=O)O[C@@]12CO[C@@H]1C[C@H](O)[C@@]1(C)C(=O)[C@H](O)C3=C(C)[C@@H](O)C[C@@](O)([C@@H](OC(=O)c4ccccc4)C12)C3(C)C.CC[Si](CC)(CC)O[C@H]1C[C@H]2OC[C@@]2(OC(C)=O)C2[C@H](OC(=O)c3ccccc3)[C@]3(O)C[C@H](O)C(C)=C([C@@H](O)C(=O)[C@@]21C)C3(C)C.CC[Si](Cl)(CC)CC.N. The van der Waals surface area contributed by atoms with Crippen molar-refractivity contribution in [2.75, 3.05) is 13.2 Å². The number of esters is 4. The molecular weight excluding hydrogens is 1330 g/mol. The molecule has 18 atom stereocenters. The van der Waals surface area contributed by atoms with Gasteiger partial charge in [0.2, 0.25) is 0 Å². The molecule has 6 aliphatic carbocycles. The minimum Gasteiger partial charge on any atom is -0.455 e. The van der Waals surface area contributed by atoms with E-state index in [9.17, 15) is 59.7 Å². The third kappa shape index (κ3) is 13.9. The van der Waals surface area contributed by atoms with E-state index in [1.807, 2.05) is 0 Å². The van der Waals surface area contributed by atoms with E-state index in [4.69, 9.17) is 50.3 Å². The fourth-order valence-electron chi connectivity index (χ4n) is 17.6. The van der Waals surface area contributed by atoms with Crippen LogP contribution in [0, 0.1) is 57.7 Å². The minimum absolute atomic E-state index is 0. The van der Waals surface area contributed by atoms with Crippen LogP contribution in [0.2, 0.25) is 36.3 Å². The van der Waals surface area contributed by atoms with Crippen molar-refractivity contribution >= 4 is 62.2 Å². The Morgan fingerprint density at radius 3 is 1.27 bits per heavy atom. The first-order chi connectivity index (χ1) is 45.7. The fraction of sp³-hybridized carbons (Fsp3) is 0.653. The molecule has 4 bridgehead atoms. The number of terminal acetylenes is 1. The maximum absolute atomic E-state index is 15.1. The first-order valence-electron chi connectivity index (χ1n) is 34.5. The summed E-state index contributed by atoms with van der Waals surface area (Å²) in [5.74, 6) is 0.310. The molecule has 2 saturated heterocycles. The number of hydrogen-bond donors (Lipinski definition) is 8. The number of benzene rings is 2. The van der Waals surface area contributed by atoms with Crippen LogP contribution in [0.15, 0.2) is 83.0 Å². The van der Waals surface area contributed by atoms with Gasteiger partial charge in [0.15, 0.2) is 38.5 Å². The van der Waals surface area contributed by atoms with Crippen LogP contribution in [0.3, 0.4) is 0 Å². The molecule has 99 heavy (non-hydrogen) atoms. The van der Waals surface area contributed by atoms with Crippen LogP contribution in [0.1, 0.15) is 164 Å². The summed E-state index contributed by atoms with van der Waals surface area (Å²) < 4.78 is 43.5. The fourth-order valence-corrected chi connectivity index (χ4v) is 22.0. The molecule has 548 valence electrons. The lowest BCUT2D eigenvalue weighted by Crippen LogP contribution is -2.82. The number of aliphatic hydroxyl groups excluding tert-OH is 5. The second kappa shape index (κ2) is 30.9. The van der Waals surface area contributed by atoms with E-state index < -0.39 is 168 Å². The van der Waals surface area contributed by atoms with Crippen LogP contribution in [-0.2, 0) is 52.0 Å². The number of fused-ring (bicyclic) bond motifs is 10. The van der Waals surface area contributed by atoms with Gasteiger partial charge in [-0.25, -0.2) is 9.59 Å². The Kier molecular flexibility index (Phi) is 25.7. The molecule has 4 saturated carbocycles. The molecule has 0 spiro atoms. The summed E-state index contributed by atoms with van der Waals surface area (Å²) in [5.41, 5.74) is -11.9. The van der Waals surface area contributed by atoms with Gasteiger partial charge in [0.05, 0.1) is 71.4 Å². The Hall–Kier alpha value is -5.46. The number of ketones is 2. The highest BCUT2D eigenvalue weighted by molar-refractivity contribution is 7.20. The third-order valence-corrected chi connectivity index (χ3v) is 35.1. The van der Waals surface area contributed by atoms with Crippen molar-refractivity contribution < 1.29 is 97.4 Å². The van der Waals surface area contributed by atoms with E-state index in [0.717, 1.165) is 18.1 Å². The van der Waals surface area contributed by atoms with Crippen molar-refractivity contribution in [3.05, 3.63) is 94.1 Å². The number of hydrogen-bond acceptors (Lipinski definition) is 21. The molecule has 8 aliphatic rings. The van der Waals surface area contributed by atoms with Gasteiger partial charge in [0.1, 0.15) is 47.8 Å². The number of rotatable bonds is 14. The van der Waals surface area contributed by atoms with Crippen molar-refractivity contribution in [2.45, 2.75) is 263 Å². The Balaban J connectivity index is 0.000000264. The molecule has 21 nitrogen and oxygen atoms in total. The summed E-state index contributed by atoms with van der Waals surface area (Å²) in [4.78, 5) is 82.2. The van der Waals surface area contributed by atoms with Gasteiger partial charge in [-0.05, 0) is 129 Å². The van der Waals surface area contributed by atoms with Crippen LogP contribution < -0.4 is 6.15 Å². The van der Waals surface area contributed by atoms with E-state index in [0.29, 0.717) is 11.1 Å². The van der Waals surface area contributed by atoms with Crippen molar-refractivity contribution in [2.24, 2.45) is 33.5 Å². The van der Waals surface area contributed by atoms with Crippen LogP contribution in [0.5, 0.6) is 0 Å². The van der Waals surface area contributed by atoms with Gasteiger partial charge in [-0.15, -0.1) is 6.42 Å². The zero-order valence-electron chi connectivity index (χ0n) is 60.8. The van der Waals surface area contributed by atoms with Crippen molar-refractivity contribution in [1.82, 2.24) is 6.15 Å². The molecule has 10 N–H and O–H groups in total. The van der Waals surface area contributed by atoms with Gasteiger partial charge >= 0.3 is 23.9 Å². The number of carbonyl (C=O) groups is 6. The van der Waals surface area contributed by atoms with Crippen LogP contribution in [-0.4, -0.2) is 184 Å². The Bertz CT molecular complexity index is 3470. The lowest BCUT2D eigenvalue weighted by atomic mass is 9.44. The van der Waals surface area contributed by atoms with Crippen LogP contribution in [0.4, 0.5) is 0 Å². The standard InChI is InChI=1S/C35H50O10Si.C29H36O10.C6H15ClSi.C5H4.H3N/c1-9-46(10-2,11-3)45-24-17-25-34(19-42-25,44-21(5)36)28-30(43-31(40)22-15-13-12-14-16-22)35(41)18-23(37)20(4)26(32(35,6)7)27(38)29(39)33(24,28)8;1-14-17(31)12-29(36)24(38-25(35)16-9-7-6-8-10-16)22-27(5,23(34)21(33)20(14)26(29,3)4)18(32)11-19-28(22,13-37-19)39-15(2)30;1-4-8(7,5-2)6-3;1-3-5-4-2;/h12-16,23-25,27-28,30,37-38,41H,9-11,17-19H2,1-8H3;6-10,17-19,21-22,24,31-33,36H,11-13H2,1-5H3;4-6H2,1-3H3;1H,2H3;1H3/t23-,24-,25+,27+,28?,30-,33+,34-,35+;17-,18-,19+,21+,22?,24-,27+,28-,29+;;;/m00.../s1. The van der Waals surface area contributed by atoms with Gasteiger partial charge in [-0.3, -0.25) is 19.2 Å². The predicted molar refractivity (Wildman–Crippen MR) is 377 cm³/mol. The van der Waals surface area contributed by atoms with E-state index in [1.54, 1.807) is 104 Å². The van der Waals surface area contributed by atoms with E-state index in [-0.39, 0.29) is 67.3 Å². The molecule has 2 unspecified atom stereocenters. The lowest BCUT2D eigenvalue weighted by molar-refractivity contribution is -0.345. The van der Waals surface area contributed by atoms with Gasteiger partial charge in [-0.1, -0.05) is 112 Å². The number of ether oxygens (including phenoxy) is 6. The minimum atomic E-state index is -2.42. The Morgan fingerprint density at radius 1 is 0.606 bits per heavy atom. The molecule has 2 aromatic rings. The van der Waals surface area contributed by atoms with Crippen molar-refractivity contribution in [3.8, 4) is 24.2 Å². The molecule has 0 radical (unpaired) electrons. The number of aliphatic hydroxyl groups is 7. The number of carbonyl (C=O) groups excluding carboxylic acids is 6. The van der Waals surface area contributed by atoms with Crippen molar-refractivity contribution in [1.29, 1.82) is 0 Å². The lowest BCUT2D eigenvalue weighted by Gasteiger charge is -2.68. The monoisotopic (exact) mass is 1430 g/mol. The maximum atomic E-state index is 15.1. The van der Waals surface area contributed by atoms with Crippen LogP contribution >= 0.6 is 11.1 Å². The van der Waals surface area contributed by atoms with E-state index >= 15 is 4.79 Å². The molecule has 2 aromatic carbocycles. The second-order valence-corrected chi connectivity index (χ2v) is 41.0. The number of halogens is 1. The smallest absolute Gasteiger partial charge is 0.338 e. The van der Waals surface area contributed by atoms with Gasteiger partial charge in [-0.2, -0.15) is 11.1 Å². The summed E-state index contributed by atoms with van der Waals surface area (Å²) in [5, 5.41) is 83.2. The molecule has 2 aliphatic heterocycles. The molecule has 2 heterocycles. The summed E-state index contributed by atoms with van der Waals surface area (Å²) in [7, 11) is -3.62. The van der Waals surface area contributed by atoms with Crippen LogP contribution in [0.25, 0.3) is 0 Å². The highest BCUT2D eigenvalue weighted by atomic mass is 35.6. The first-order valence-corrected chi connectivity index (χ1v) is 40.6. The van der Waals surface area contributed by atoms with Gasteiger partial charge in [0, 0.05) is 50.4 Å². The topological polar surface area (TPSA) is 344 Å². The molecule has 6 fully saturated rings. The summed E-state index contributed by atoms with van der Waals surface area (Å²) in [6, 6.07) is 22.4. The third-order valence-electron chi connectivity index (χ3n) is 24.3. The summed E-state index contributed by atoms with van der Waals surface area (Å²) in [6.07, 6.45) is -8.58. The molecule has 0 amide bonds. The van der Waals surface area contributed by atoms with Gasteiger partial charge in [0.25, 0.3) is 0 Å². The normalized spacial score (nSPS) is 35.8.